The first-order chi connectivity index (χ1) is 5.54. The van der Waals surface area contributed by atoms with Gasteiger partial charge in [0.15, 0.2) is 0 Å². The Morgan fingerprint density at radius 3 is 2.67 bits per heavy atom. The van der Waals surface area contributed by atoms with Gasteiger partial charge in [0.1, 0.15) is 0 Å². The van der Waals surface area contributed by atoms with E-state index in [0.29, 0.717) is 5.56 Å². The average molecular weight is 173 g/mol. The van der Waals surface area contributed by atoms with Crippen molar-refractivity contribution in [2.45, 2.75) is 19.5 Å². The number of rotatable bonds is 2. The zero-order valence-corrected chi connectivity index (χ0v) is 6.59. The van der Waals surface area contributed by atoms with Gasteiger partial charge >= 0.3 is 0 Å². The van der Waals surface area contributed by atoms with Crippen molar-refractivity contribution in [2.24, 2.45) is 0 Å². The molecular weight excluding hydrogens is 164 g/mol. The summed E-state index contributed by atoms with van der Waals surface area (Å²) in [5, 5.41) is 8.64. The van der Waals surface area contributed by atoms with Gasteiger partial charge in [-0.1, -0.05) is 0 Å². The standard InChI is InChI=1S/C8H9F2NO/c1-8(9,10)7-2-6(5-12)3-11-4-7/h2-4,12H,5H2,1H3. The molecule has 0 fully saturated rings. The van der Waals surface area contributed by atoms with E-state index in [0.717, 1.165) is 13.1 Å². The van der Waals surface area contributed by atoms with Crippen molar-refractivity contribution >= 4 is 0 Å². The van der Waals surface area contributed by atoms with Crippen LogP contribution in [0.3, 0.4) is 0 Å². The quantitative estimate of drug-likeness (QED) is 0.738. The SMILES string of the molecule is CC(F)(F)c1cncc(CO)c1. The molecule has 4 heteroatoms. The topological polar surface area (TPSA) is 33.1 Å². The van der Waals surface area contributed by atoms with Gasteiger partial charge in [0.05, 0.1) is 6.61 Å². The Bertz CT molecular complexity index is 270. The molecule has 0 aromatic carbocycles. The summed E-state index contributed by atoms with van der Waals surface area (Å²) in [5.74, 6) is -2.89. The van der Waals surface area contributed by atoms with Crippen molar-refractivity contribution in [2.75, 3.05) is 0 Å². The van der Waals surface area contributed by atoms with Crippen LogP contribution in [0.25, 0.3) is 0 Å². The molecule has 0 spiro atoms. The van der Waals surface area contributed by atoms with Crippen molar-refractivity contribution < 1.29 is 13.9 Å². The summed E-state index contributed by atoms with van der Waals surface area (Å²) in [6.07, 6.45) is 2.45. The molecule has 1 rings (SSSR count). The Morgan fingerprint density at radius 1 is 1.50 bits per heavy atom. The normalized spacial score (nSPS) is 11.7. The number of hydrogen-bond donors (Lipinski definition) is 1. The molecule has 0 amide bonds. The predicted octanol–water partition coefficient (Wildman–Crippen LogP) is 1.69. The van der Waals surface area contributed by atoms with Crippen LogP contribution in [0.2, 0.25) is 0 Å². The van der Waals surface area contributed by atoms with E-state index in [4.69, 9.17) is 5.11 Å². The summed E-state index contributed by atoms with van der Waals surface area (Å²) >= 11 is 0. The molecule has 0 unspecified atom stereocenters. The molecule has 1 aromatic heterocycles. The van der Waals surface area contributed by atoms with Gasteiger partial charge < -0.3 is 5.11 Å². The molecule has 2 nitrogen and oxygen atoms in total. The van der Waals surface area contributed by atoms with E-state index < -0.39 is 5.92 Å². The molecular formula is C8H9F2NO. The summed E-state index contributed by atoms with van der Waals surface area (Å²) < 4.78 is 25.3. The monoisotopic (exact) mass is 173 g/mol. The molecule has 0 aliphatic carbocycles. The maximum Gasteiger partial charge on any atom is 0.272 e. The number of aromatic nitrogens is 1. The molecule has 0 atom stereocenters. The third-order valence-electron chi connectivity index (χ3n) is 1.48. The van der Waals surface area contributed by atoms with Gasteiger partial charge in [0.25, 0.3) is 5.92 Å². The van der Waals surface area contributed by atoms with Crippen LogP contribution >= 0.6 is 0 Å². The highest BCUT2D eigenvalue weighted by Gasteiger charge is 2.24. The maximum absolute atomic E-state index is 12.6. The van der Waals surface area contributed by atoms with Gasteiger partial charge in [-0.25, -0.2) is 8.78 Å². The minimum Gasteiger partial charge on any atom is -0.392 e. The molecule has 12 heavy (non-hydrogen) atoms. The van der Waals surface area contributed by atoms with Gasteiger partial charge in [-0.05, 0) is 11.6 Å². The second-order valence-corrected chi connectivity index (χ2v) is 2.63. The highest BCUT2D eigenvalue weighted by molar-refractivity contribution is 5.20. The minimum atomic E-state index is -2.89. The number of aliphatic hydroxyl groups excluding tert-OH is 1. The summed E-state index contributed by atoms with van der Waals surface area (Å²) in [5.41, 5.74) is 0.225. The first-order valence-electron chi connectivity index (χ1n) is 3.47. The molecule has 0 saturated heterocycles. The Hall–Kier alpha value is -1.03. The molecule has 0 aliphatic heterocycles. The number of halogens is 2. The Labute approximate surface area is 68.9 Å². The van der Waals surface area contributed by atoms with Crippen molar-refractivity contribution in [1.29, 1.82) is 0 Å². The van der Waals surface area contributed by atoms with Crippen molar-refractivity contribution in [3.8, 4) is 0 Å². The molecule has 1 heterocycles. The zero-order valence-electron chi connectivity index (χ0n) is 6.59. The van der Waals surface area contributed by atoms with Crippen LogP contribution < -0.4 is 0 Å². The van der Waals surface area contributed by atoms with Crippen molar-refractivity contribution in [3.63, 3.8) is 0 Å². The summed E-state index contributed by atoms with van der Waals surface area (Å²) in [6.45, 7) is 0.530. The van der Waals surface area contributed by atoms with E-state index in [1.165, 1.54) is 12.3 Å². The lowest BCUT2D eigenvalue weighted by Gasteiger charge is -2.10. The molecule has 66 valence electrons. The fourth-order valence-electron chi connectivity index (χ4n) is 0.814. The van der Waals surface area contributed by atoms with Crippen LogP contribution in [0.1, 0.15) is 18.1 Å². The van der Waals surface area contributed by atoms with Crippen LogP contribution in [0, 0.1) is 0 Å². The number of aliphatic hydroxyl groups is 1. The highest BCUT2D eigenvalue weighted by atomic mass is 19.3. The molecule has 0 bridgehead atoms. The van der Waals surface area contributed by atoms with Gasteiger partial charge in [0, 0.05) is 24.9 Å². The molecule has 0 saturated carbocycles. The fraction of sp³-hybridized carbons (Fsp3) is 0.375. The second kappa shape index (κ2) is 3.15. The van der Waals surface area contributed by atoms with Crippen LogP contribution in [0.15, 0.2) is 18.5 Å². The van der Waals surface area contributed by atoms with E-state index in [-0.39, 0.29) is 12.2 Å². The van der Waals surface area contributed by atoms with Crippen molar-refractivity contribution in [3.05, 3.63) is 29.6 Å². The highest BCUT2D eigenvalue weighted by Crippen LogP contribution is 2.26. The Kier molecular flexibility index (Phi) is 2.38. The van der Waals surface area contributed by atoms with Crippen molar-refractivity contribution in [1.82, 2.24) is 4.98 Å². The lowest BCUT2D eigenvalue weighted by molar-refractivity contribution is 0.0169. The molecule has 1 N–H and O–H groups in total. The lowest BCUT2D eigenvalue weighted by atomic mass is 10.1. The Morgan fingerprint density at radius 2 is 2.17 bits per heavy atom. The number of alkyl halides is 2. The first kappa shape index (κ1) is 9.06. The minimum absolute atomic E-state index is 0.172. The maximum atomic E-state index is 12.6. The molecule has 0 radical (unpaired) electrons. The molecule has 1 aromatic rings. The largest absolute Gasteiger partial charge is 0.392 e. The van der Waals surface area contributed by atoms with E-state index in [2.05, 4.69) is 4.98 Å². The van der Waals surface area contributed by atoms with Gasteiger partial charge in [0.2, 0.25) is 0 Å². The summed E-state index contributed by atoms with van der Waals surface area (Å²) in [4.78, 5) is 3.58. The van der Waals surface area contributed by atoms with Crippen LogP contribution in [0.4, 0.5) is 8.78 Å². The van der Waals surface area contributed by atoms with Gasteiger partial charge in [-0.2, -0.15) is 0 Å². The third kappa shape index (κ3) is 1.98. The van der Waals surface area contributed by atoms with Gasteiger partial charge in [-0.3, -0.25) is 4.98 Å². The number of pyridine rings is 1. The number of nitrogens with zero attached hydrogens (tertiary/aromatic N) is 1. The fourth-order valence-corrected chi connectivity index (χ4v) is 0.814. The zero-order chi connectivity index (χ0) is 9.19. The third-order valence-corrected chi connectivity index (χ3v) is 1.48. The summed E-state index contributed by atoms with van der Waals surface area (Å²) in [6, 6.07) is 1.24. The number of hydrogen-bond acceptors (Lipinski definition) is 2. The van der Waals surface area contributed by atoms with Crippen LogP contribution in [0.5, 0.6) is 0 Å². The van der Waals surface area contributed by atoms with E-state index >= 15 is 0 Å². The van der Waals surface area contributed by atoms with Gasteiger partial charge in [-0.15, -0.1) is 0 Å². The smallest absolute Gasteiger partial charge is 0.272 e. The molecule has 0 aliphatic rings. The summed E-state index contributed by atoms with van der Waals surface area (Å²) in [7, 11) is 0. The van der Waals surface area contributed by atoms with Crippen LogP contribution in [-0.4, -0.2) is 10.1 Å². The van der Waals surface area contributed by atoms with Crippen LogP contribution in [-0.2, 0) is 12.5 Å². The Balaban J connectivity index is 3.02. The first-order valence-corrected chi connectivity index (χ1v) is 3.47. The van der Waals surface area contributed by atoms with E-state index in [1.54, 1.807) is 0 Å². The van der Waals surface area contributed by atoms with E-state index in [9.17, 15) is 8.78 Å². The second-order valence-electron chi connectivity index (χ2n) is 2.63. The predicted molar refractivity (Wildman–Crippen MR) is 39.7 cm³/mol. The lowest BCUT2D eigenvalue weighted by Crippen LogP contribution is -2.07. The van der Waals surface area contributed by atoms with E-state index in [1.807, 2.05) is 0 Å². The average Bonchev–Trinajstić information content (AvgIpc) is 2.03.